The number of aliphatic carboxylic acids is 2. The number of nitrogens with one attached hydrogen (secondary N) is 5. The molecule has 4 aliphatic rings. The van der Waals surface area contributed by atoms with Crippen LogP contribution < -0.4 is 43.8 Å². The van der Waals surface area contributed by atoms with Gasteiger partial charge in [-0.2, -0.15) is 0 Å². The van der Waals surface area contributed by atoms with Crippen LogP contribution >= 0.6 is 0 Å². The highest BCUT2D eigenvalue weighted by Gasteiger charge is 2.47. The lowest BCUT2D eigenvalue weighted by Crippen LogP contribution is -2.61. The molecule has 10 atom stereocenters. The van der Waals surface area contributed by atoms with Gasteiger partial charge < -0.3 is 88.9 Å². The van der Waals surface area contributed by atoms with Crippen LogP contribution in [0.5, 0.6) is 0 Å². The SMILES string of the molecule is CC(C)C[C@H](NC(=O)[C@@H](N)CO)C(=O)N[C@@H](CC(=O)O)C(=O)N[C@@H](CO)C(=O)N1CCC[C@H]1C(=O)N1CCC[C@H]1C(=O)N[C@@H](CO)C(=O)N1CCC[C@H]1C(=O)N1CCC[C@H]1C(=O)N[C@@H](CCCN=C(N)N)C(=O)O. The van der Waals surface area contributed by atoms with Crippen molar-refractivity contribution in [3.8, 4) is 0 Å². The number of rotatable bonds is 26. The average Bonchev–Trinajstić information content (AvgIpc) is 4.21. The van der Waals surface area contributed by atoms with E-state index in [0.29, 0.717) is 25.7 Å². The van der Waals surface area contributed by atoms with E-state index in [1.54, 1.807) is 13.8 Å². The Hall–Kier alpha value is -6.72. The largest absolute Gasteiger partial charge is 0.481 e. The van der Waals surface area contributed by atoms with Crippen molar-refractivity contribution in [3.63, 3.8) is 0 Å². The maximum absolute atomic E-state index is 14.2. The normalized spacial score (nSPS) is 21.9. The molecule has 9 amide bonds. The van der Waals surface area contributed by atoms with Gasteiger partial charge in [-0.15, -0.1) is 0 Å². The van der Waals surface area contributed by atoms with Crippen molar-refractivity contribution >= 4 is 71.1 Å². The van der Waals surface area contributed by atoms with Crippen molar-refractivity contribution in [1.29, 1.82) is 0 Å². The van der Waals surface area contributed by atoms with E-state index in [2.05, 4.69) is 31.6 Å². The standard InChI is InChI=1S/C45H73N13O16/c1-23(2)18-26(51-35(64)24(46)20-59)36(65)52-27(19-34(62)63)37(66)53-28(21-60)40(69)57-16-6-11-32(57)43(72)56-15-5-10-31(56)39(68)54-29(22-61)41(70)58-17-7-12-33(58)42(71)55-14-4-9-30(55)38(67)50-25(44(73)74)8-3-13-49-45(47)48/h23-33,59-61H,3-22,46H2,1-2H3,(H,50,67)(H,51,64)(H,52,65)(H,53,66)(H,54,68)(H,62,63)(H,73,74)(H4,47,48,49)/t24-,25-,26-,27-,28-,29-,30-,31-,32-,33-/m0/s1. The molecule has 0 aromatic heterocycles. The van der Waals surface area contributed by atoms with E-state index in [4.69, 9.17) is 17.2 Å². The van der Waals surface area contributed by atoms with Gasteiger partial charge >= 0.3 is 11.9 Å². The molecule has 4 saturated heterocycles. The predicted molar refractivity (Wildman–Crippen MR) is 257 cm³/mol. The number of hydrogen-bond acceptors (Lipinski definition) is 16. The van der Waals surface area contributed by atoms with Gasteiger partial charge in [-0.25, -0.2) is 4.79 Å². The van der Waals surface area contributed by atoms with Crippen LogP contribution in [0.15, 0.2) is 4.99 Å². The zero-order chi connectivity index (χ0) is 55.0. The van der Waals surface area contributed by atoms with Crippen LogP contribution in [0.2, 0.25) is 0 Å². The number of carbonyl (C=O) groups excluding carboxylic acids is 9. The first kappa shape index (κ1) is 59.8. The minimum Gasteiger partial charge on any atom is -0.481 e. The van der Waals surface area contributed by atoms with E-state index < -0.39 is 152 Å². The lowest BCUT2D eigenvalue weighted by molar-refractivity contribution is -0.150. The molecule has 16 N–H and O–H groups in total. The number of hydrogen-bond donors (Lipinski definition) is 13. The maximum Gasteiger partial charge on any atom is 0.326 e. The Morgan fingerprint density at radius 3 is 1.41 bits per heavy atom. The zero-order valence-corrected chi connectivity index (χ0v) is 41.7. The number of carboxylic acids is 2. The summed E-state index contributed by atoms with van der Waals surface area (Å²) in [6.45, 7) is 1.23. The van der Waals surface area contributed by atoms with Crippen molar-refractivity contribution < 1.29 is 78.3 Å². The molecule has 4 rings (SSSR count). The molecule has 0 bridgehead atoms. The second kappa shape index (κ2) is 28.1. The van der Waals surface area contributed by atoms with Crippen LogP contribution in [0.1, 0.15) is 90.9 Å². The van der Waals surface area contributed by atoms with Gasteiger partial charge in [0, 0.05) is 32.7 Å². The van der Waals surface area contributed by atoms with Gasteiger partial charge in [-0.1, -0.05) is 13.8 Å². The molecule has 0 saturated carbocycles. The number of carboxylic acid groups (broad SMARTS) is 2. The number of guanidine groups is 1. The molecule has 0 aromatic carbocycles. The van der Waals surface area contributed by atoms with E-state index in [9.17, 15) is 78.3 Å². The summed E-state index contributed by atoms with van der Waals surface area (Å²) in [5.41, 5.74) is 16.2. The van der Waals surface area contributed by atoms with Gasteiger partial charge in [0.05, 0.1) is 26.2 Å². The monoisotopic (exact) mass is 1050 g/mol. The van der Waals surface area contributed by atoms with Crippen LogP contribution in [-0.2, 0) is 52.7 Å². The average molecular weight is 1050 g/mol. The number of aliphatic hydroxyl groups excluding tert-OH is 3. The second-order valence-corrected chi connectivity index (χ2v) is 19.2. The third-order valence-corrected chi connectivity index (χ3v) is 13.4. The van der Waals surface area contributed by atoms with Gasteiger partial charge in [0.25, 0.3) is 0 Å². The van der Waals surface area contributed by atoms with Crippen molar-refractivity contribution in [2.75, 3.05) is 52.5 Å². The Labute approximate surface area is 426 Å². The molecule has 29 heteroatoms. The zero-order valence-electron chi connectivity index (χ0n) is 41.7. The summed E-state index contributed by atoms with van der Waals surface area (Å²) >= 11 is 0. The highest BCUT2D eigenvalue weighted by Crippen LogP contribution is 2.28. The smallest absolute Gasteiger partial charge is 0.326 e. The van der Waals surface area contributed by atoms with E-state index in [-0.39, 0.29) is 89.5 Å². The summed E-state index contributed by atoms with van der Waals surface area (Å²) in [4.78, 5) is 155. The first-order valence-corrected chi connectivity index (χ1v) is 24.9. The number of aliphatic imine (C=N–C) groups is 1. The molecular formula is C45H73N13O16. The molecule has 4 fully saturated rings. The maximum atomic E-state index is 14.2. The van der Waals surface area contributed by atoms with Gasteiger partial charge in [0.1, 0.15) is 60.4 Å². The van der Waals surface area contributed by atoms with E-state index in [1.165, 1.54) is 14.7 Å². The minimum absolute atomic E-state index is 0.00970. The lowest BCUT2D eigenvalue weighted by atomic mass is 10.0. The van der Waals surface area contributed by atoms with Crippen LogP contribution in [0, 0.1) is 5.92 Å². The Bertz CT molecular complexity index is 2110. The summed E-state index contributed by atoms with van der Waals surface area (Å²) in [6, 6.07) is -13.5. The summed E-state index contributed by atoms with van der Waals surface area (Å²) < 4.78 is 0. The summed E-state index contributed by atoms with van der Waals surface area (Å²) in [6.07, 6.45) is 1.42. The first-order chi connectivity index (χ1) is 35.0. The number of nitrogens with zero attached hydrogens (tertiary/aromatic N) is 5. The molecule has 4 heterocycles. The number of nitrogens with two attached hydrogens (primary N) is 3. The molecule has 4 aliphatic heterocycles. The molecule has 0 radical (unpaired) electrons. The Kier molecular flexibility index (Phi) is 22.7. The van der Waals surface area contributed by atoms with E-state index in [0.717, 1.165) is 4.90 Å². The highest BCUT2D eigenvalue weighted by atomic mass is 16.4. The molecule has 0 aliphatic carbocycles. The molecule has 414 valence electrons. The fraction of sp³-hybridized carbons (Fsp3) is 0.733. The van der Waals surface area contributed by atoms with E-state index in [1.807, 2.05) is 0 Å². The summed E-state index contributed by atoms with van der Waals surface area (Å²) in [7, 11) is 0. The quantitative estimate of drug-likeness (QED) is 0.0218. The molecule has 29 nitrogen and oxygen atoms in total. The van der Waals surface area contributed by atoms with Crippen molar-refractivity contribution in [2.45, 2.75) is 151 Å². The Balaban J connectivity index is 1.40. The van der Waals surface area contributed by atoms with E-state index >= 15 is 0 Å². The Morgan fingerprint density at radius 2 is 0.973 bits per heavy atom. The van der Waals surface area contributed by atoms with Crippen LogP contribution in [0.25, 0.3) is 0 Å². The van der Waals surface area contributed by atoms with Gasteiger partial charge in [0.15, 0.2) is 5.96 Å². The fourth-order valence-electron chi connectivity index (χ4n) is 9.62. The molecular weight excluding hydrogens is 979 g/mol. The van der Waals surface area contributed by atoms with Crippen molar-refractivity contribution in [1.82, 2.24) is 46.2 Å². The van der Waals surface area contributed by atoms with Gasteiger partial charge in [0.2, 0.25) is 53.2 Å². The van der Waals surface area contributed by atoms with Gasteiger partial charge in [-0.05, 0) is 76.5 Å². The number of carbonyl (C=O) groups is 11. The van der Waals surface area contributed by atoms with Crippen LogP contribution in [0.4, 0.5) is 0 Å². The molecule has 0 aromatic rings. The lowest BCUT2D eigenvalue weighted by Gasteiger charge is -2.34. The first-order valence-electron chi connectivity index (χ1n) is 24.9. The Morgan fingerprint density at radius 1 is 0.554 bits per heavy atom. The van der Waals surface area contributed by atoms with Gasteiger partial charge in [-0.3, -0.25) is 52.9 Å². The summed E-state index contributed by atoms with van der Waals surface area (Å²) in [5, 5.41) is 61.2. The topological polar surface area (TPSA) is 452 Å². The molecule has 74 heavy (non-hydrogen) atoms. The summed E-state index contributed by atoms with van der Waals surface area (Å²) in [5.74, 6) is -10.7. The predicted octanol–water partition coefficient (Wildman–Crippen LogP) is -6.66. The third kappa shape index (κ3) is 15.9. The highest BCUT2D eigenvalue weighted by molar-refractivity contribution is 5.99. The third-order valence-electron chi connectivity index (χ3n) is 13.4. The fourth-order valence-corrected chi connectivity index (χ4v) is 9.62. The molecule has 0 spiro atoms. The number of amides is 9. The minimum atomic E-state index is -1.82. The number of likely N-dealkylation sites (tertiary alicyclic amines) is 4. The van der Waals surface area contributed by atoms with Crippen molar-refractivity contribution in [3.05, 3.63) is 0 Å². The van der Waals surface area contributed by atoms with Crippen LogP contribution in [0.3, 0.4) is 0 Å². The van der Waals surface area contributed by atoms with Crippen molar-refractivity contribution in [2.24, 2.45) is 28.1 Å². The second-order valence-electron chi connectivity index (χ2n) is 19.2. The number of aliphatic hydroxyl groups is 3. The van der Waals surface area contributed by atoms with Crippen LogP contribution in [-0.4, -0.2) is 229 Å². The molecule has 0 unspecified atom stereocenters.